The second-order valence-corrected chi connectivity index (χ2v) is 4.81. The maximum atomic E-state index is 11.0. The fourth-order valence-electron chi connectivity index (χ4n) is 2.10. The van der Waals surface area contributed by atoms with Gasteiger partial charge in [-0.1, -0.05) is 33.1 Å². The summed E-state index contributed by atoms with van der Waals surface area (Å²) in [5.74, 6) is 2.18. The van der Waals surface area contributed by atoms with Crippen molar-refractivity contribution in [3.8, 4) is 0 Å². The van der Waals surface area contributed by atoms with Gasteiger partial charge in [0.2, 0.25) is 0 Å². The first-order chi connectivity index (χ1) is 6.18. The summed E-state index contributed by atoms with van der Waals surface area (Å²) in [7, 11) is 0. The van der Waals surface area contributed by atoms with Gasteiger partial charge < -0.3 is 0 Å². The maximum absolute atomic E-state index is 11.0. The number of hydrogen-bond donors (Lipinski definition) is 0. The lowest BCUT2D eigenvalue weighted by Crippen LogP contribution is -2.13. The van der Waals surface area contributed by atoms with Gasteiger partial charge in [0.15, 0.2) is 0 Å². The number of carbonyl (C=O) groups is 1. The molecular weight excluding hydrogens is 160 g/mol. The summed E-state index contributed by atoms with van der Waals surface area (Å²) < 4.78 is 0. The Morgan fingerprint density at radius 2 is 1.92 bits per heavy atom. The summed E-state index contributed by atoms with van der Waals surface area (Å²) >= 11 is 0. The topological polar surface area (TPSA) is 17.1 Å². The van der Waals surface area contributed by atoms with E-state index in [-0.39, 0.29) is 0 Å². The van der Waals surface area contributed by atoms with Gasteiger partial charge in [-0.15, -0.1) is 0 Å². The second kappa shape index (κ2) is 5.41. The largest absolute Gasteiger partial charge is 0.300 e. The summed E-state index contributed by atoms with van der Waals surface area (Å²) in [6.45, 7) is 4.56. The van der Waals surface area contributed by atoms with Crippen LogP contribution in [-0.2, 0) is 4.79 Å². The molecule has 0 aromatic carbocycles. The van der Waals surface area contributed by atoms with E-state index in [0.717, 1.165) is 37.5 Å². The lowest BCUT2D eigenvalue weighted by Gasteiger charge is -2.20. The minimum Gasteiger partial charge on any atom is -0.300 e. The van der Waals surface area contributed by atoms with E-state index in [4.69, 9.17) is 0 Å². The average Bonchev–Trinajstić information content (AvgIpc) is 2.08. The van der Waals surface area contributed by atoms with E-state index in [1.165, 1.54) is 19.3 Å². The van der Waals surface area contributed by atoms with Crippen LogP contribution in [0, 0.1) is 11.8 Å². The maximum Gasteiger partial charge on any atom is 0.132 e. The number of rotatable bonds is 4. The van der Waals surface area contributed by atoms with Crippen molar-refractivity contribution >= 4 is 5.78 Å². The monoisotopic (exact) mass is 182 g/mol. The zero-order valence-corrected chi connectivity index (χ0v) is 9.01. The molecule has 0 heterocycles. The third kappa shape index (κ3) is 4.44. The van der Waals surface area contributed by atoms with Crippen LogP contribution in [0.25, 0.3) is 0 Å². The smallest absolute Gasteiger partial charge is 0.132 e. The van der Waals surface area contributed by atoms with E-state index in [0.29, 0.717) is 5.78 Å². The van der Waals surface area contributed by atoms with Crippen molar-refractivity contribution in [2.24, 2.45) is 11.8 Å². The zero-order chi connectivity index (χ0) is 9.68. The average molecular weight is 182 g/mol. The molecule has 0 aliphatic heterocycles. The second-order valence-electron chi connectivity index (χ2n) is 4.81. The molecule has 1 fully saturated rings. The summed E-state index contributed by atoms with van der Waals surface area (Å²) in [5, 5.41) is 0. The van der Waals surface area contributed by atoms with E-state index >= 15 is 0 Å². The highest BCUT2D eigenvalue weighted by Crippen LogP contribution is 2.26. The normalized spacial score (nSPS) is 19.8. The van der Waals surface area contributed by atoms with Gasteiger partial charge in [0, 0.05) is 12.8 Å². The minimum atomic E-state index is 0.486. The lowest BCUT2D eigenvalue weighted by molar-refractivity contribution is -0.121. The van der Waals surface area contributed by atoms with Crippen LogP contribution < -0.4 is 0 Å². The molecule has 1 heteroatoms. The number of ketones is 1. The summed E-state index contributed by atoms with van der Waals surface area (Å²) in [6.07, 6.45) is 8.10. The Balaban J connectivity index is 2.05. The van der Waals surface area contributed by atoms with Crippen molar-refractivity contribution in [1.82, 2.24) is 0 Å². The fraction of sp³-hybridized carbons (Fsp3) is 0.917. The highest BCUT2D eigenvalue weighted by Gasteiger charge is 2.17. The van der Waals surface area contributed by atoms with Crippen LogP contribution in [0.1, 0.15) is 58.8 Å². The fourth-order valence-corrected chi connectivity index (χ4v) is 2.10. The molecule has 1 aliphatic carbocycles. The standard InChI is InChI=1S/C12H22O/c1-10(2)4-3-5-11-6-8-12(13)9-7-11/h10-11H,3-9H2,1-2H3. The molecule has 0 radical (unpaired) electrons. The van der Waals surface area contributed by atoms with Crippen molar-refractivity contribution in [3.05, 3.63) is 0 Å². The number of hydrogen-bond acceptors (Lipinski definition) is 1. The zero-order valence-electron chi connectivity index (χ0n) is 9.01. The Morgan fingerprint density at radius 1 is 1.31 bits per heavy atom. The van der Waals surface area contributed by atoms with Gasteiger partial charge in [-0.2, -0.15) is 0 Å². The molecule has 0 spiro atoms. The van der Waals surface area contributed by atoms with Crippen LogP contribution >= 0.6 is 0 Å². The lowest BCUT2D eigenvalue weighted by atomic mass is 9.84. The molecule has 0 bridgehead atoms. The van der Waals surface area contributed by atoms with Gasteiger partial charge in [0.1, 0.15) is 5.78 Å². The molecule has 0 aromatic rings. The van der Waals surface area contributed by atoms with Crippen molar-refractivity contribution < 1.29 is 4.79 Å². The van der Waals surface area contributed by atoms with Crippen LogP contribution in [0.5, 0.6) is 0 Å². The van der Waals surface area contributed by atoms with Gasteiger partial charge in [-0.3, -0.25) is 4.79 Å². The Labute approximate surface area is 81.9 Å². The van der Waals surface area contributed by atoms with E-state index in [2.05, 4.69) is 13.8 Å². The molecule has 0 unspecified atom stereocenters. The van der Waals surface area contributed by atoms with Crippen LogP contribution in [0.3, 0.4) is 0 Å². The molecule has 0 N–H and O–H groups in total. The predicted octanol–water partition coefficient (Wildman–Crippen LogP) is 3.57. The van der Waals surface area contributed by atoms with Crippen molar-refractivity contribution in [1.29, 1.82) is 0 Å². The van der Waals surface area contributed by atoms with E-state index < -0.39 is 0 Å². The molecule has 76 valence electrons. The molecule has 0 aromatic heterocycles. The van der Waals surface area contributed by atoms with E-state index in [1.54, 1.807) is 0 Å². The molecule has 13 heavy (non-hydrogen) atoms. The third-order valence-corrected chi connectivity index (χ3v) is 3.06. The minimum absolute atomic E-state index is 0.486. The van der Waals surface area contributed by atoms with Crippen molar-refractivity contribution in [2.75, 3.05) is 0 Å². The molecule has 1 nitrogen and oxygen atoms in total. The van der Waals surface area contributed by atoms with Crippen molar-refractivity contribution in [3.63, 3.8) is 0 Å². The van der Waals surface area contributed by atoms with Crippen LogP contribution in [0.2, 0.25) is 0 Å². The van der Waals surface area contributed by atoms with Crippen LogP contribution in [0.4, 0.5) is 0 Å². The third-order valence-electron chi connectivity index (χ3n) is 3.06. The highest BCUT2D eigenvalue weighted by molar-refractivity contribution is 5.78. The molecular formula is C12H22O. The van der Waals surface area contributed by atoms with Gasteiger partial charge >= 0.3 is 0 Å². The Bertz CT molecular complexity index is 151. The van der Waals surface area contributed by atoms with Gasteiger partial charge in [0.05, 0.1) is 0 Å². The Morgan fingerprint density at radius 3 is 2.46 bits per heavy atom. The molecule has 1 saturated carbocycles. The Hall–Kier alpha value is -0.330. The Kier molecular flexibility index (Phi) is 4.47. The quantitative estimate of drug-likeness (QED) is 0.649. The molecule has 0 atom stereocenters. The first-order valence-corrected chi connectivity index (χ1v) is 5.70. The van der Waals surface area contributed by atoms with Gasteiger partial charge in [-0.05, 0) is 24.7 Å². The summed E-state index contributed by atoms with van der Waals surface area (Å²) in [5.41, 5.74) is 0. The SMILES string of the molecule is CC(C)CCCC1CCC(=O)CC1. The molecule has 0 saturated heterocycles. The highest BCUT2D eigenvalue weighted by atomic mass is 16.1. The first kappa shape index (κ1) is 10.7. The number of carbonyl (C=O) groups excluding carboxylic acids is 1. The summed E-state index contributed by atoms with van der Waals surface area (Å²) in [4.78, 5) is 11.0. The molecule has 1 rings (SSSR count). The van der Waals surface area contributed by atoms with E-state index in [9.17, 15) is 4.79 Å². The van der Waals surface area contributed by atoms with Gasteiger partial charge in [0.25, 0.3) is 0 Å². The predicted molar refractivity (Wildman–Crippen MR) is 55.7 cm³/mol. The van der Waals surface area contributed by atoms with Gasteiger partial charge in [-0.25, -0.2) is 0 Å². The molecule has 1 aliphatic rings. The first-order valence-electron chi connectivity index (χ1n) is 5.70. The van der Waals surface area contributed by atoms with Crippen molar-refractivity contribution in [2.45, 2.75) is 58.8 Å². The molecule has 0 amide bonds. The van der Waals surface area contributed by atoms with Crippen LogP contribution in [0.15, 0.2) is 0 Å². The van der Waals surface area contributed by atoms with E-state index in [1.807, 2.05) is 0 Å². The summed E-state index contributed by atoms with van der Waals surface area (Å²) in [6, 6.07) is 0. The number of Topliss-reactive ketones (excluding diaryl/α,β-unsaturated/α-hetero) is 1. The van der Waals surface area contributed by atoms with Crippen LogP contribution in [-0.4, -0.2) is 5.78 Å².